The average Bonchev–Trinajstić information content (AvgIpc) is 3.15. The molecule has 170 valence electrons. The summed E-state index contributed by atoms with van der Waals surface area (Å²) in [5.41, 5.74) is 2.87. The van der Waals surface area contributed by atoms with Crippen LogP contribution in [0.1, 0.15) is 19.4 Å². The van der Waals surface area contributed by atoms with Crippen molar-refractivity contribution in [3.63, 3.8) is 0 Å². The zero-order valence-electron chi connectivity index (χ0n) is 18.1. The number of rotatable bonds is 8. The molecule has 1 amide bonds. The summed E-state index contributed by atoms with van der Waals surface area (Å²) in [4.78, 5) is 32.4. The van der Waals surface area contributed by atoms with E-state index in [1.807, 2.05) is 55.5 Å². The van der Waals surface area contributed by atoms with E-state index in [1.165, 1.54) is 23.1 Å². The number of fused-ring (bicyclic) bond motifs is 1. The first-order chi connectivity index (χ1) is 16.0. The average molecular weight is 499 g/mol. The Morgan fingerprint density at radius 1 is 1.24 bits per heavy atom. The number of nitrogens with one attached hydrogen (secondary N) is 2. The van der Waals surface area contributed by atoms with Gasteiger partial charge in [-0.2, -0.15) is 0 Å². The maximum Gasteiger partial charge on any atom is 0.271 e. The zero-order valence-corrected chi connectivity index (χ0v) is 20.5. The van der Waals surface area contributed by atoms with Gasteiger partial charge in [0.25, 0.3) is 5.56 Å². The summed E-state index contributed by atoms with van der Waals surface area (Å²) < 4.78 is 8.22. The highest BCUT2D eigenvalue weighted by Gasteiger charge is 2.15. The van der Waals surface area contributed by atoms with E-state index >= 15 is 0 Å². The Morgan fingerprint density at radius 2 is 2.03 bits per heavy atom. The van der Waals surface area contributed by atoms with Crippen LogP contribution < -0.4 is 15.6 Å². The van der Waals surface area contributed by atoms with Crippen LogP contribution in [0, 0.1) is 3.95 Å². The first-order valence-corrected chi connectivity index (χ1v) is 12.6. The van der Waals surface area contributed by atoms with E-state index in [4.69, 9.17) is 17.0 Å². The van der Waals surface area contributed by atoms with E-state index in [2.05, 4.69) is 22.2 Å². The number of anilines is 1. The fourth-order valence-corrected chi connectivity index (χ4v) is 5.17. The molecule has 0 spiro atoms. The van der Waals surface area contributed by atoms with E-state index in [0.29, 0.717) is 26.1 Å². The Morgan fingerprint density at radius 3 is 2.76 bits per heavy atom. The van der Waals surface area contributed by atoms with E-state index < -0.39 is 0 Å². The van der Waals surface area contributed by atoms with Gasteiger partial charge in [-0.3, -0.25) is 14.2 Å². The van der Waals surface area contributed by atoms with Crippen molar-refractivity contribution in [1.29, 1.82) is 0 Å². The standard InChI is InChI=1S/C23H22N4O3S3/c1-3-14-6-5-7-15(12-14)24-18(28)13-32-22-25-20-19(21(29)26-22)33-23(31)27(20)16-8-10-17(11-9-16)30-4-2/h5-12H,3-4,13H2,1-2H3,(H,24,28)(H,25,26,29). The summed E-state index contributed by atoms with van der Waals surface area (Å²) >= 11 is 7.88. The number of amides is 1. The lowest BCUT2D eigenvalue weighted by Crippen LogP contribution is -2.15. The molecule has 0 aliphatic rings. The fraction of sp³-hybridized carbons (Fsp3) is 0.217. The van der Waals surface area contributed by atoms with Gasteiger partial charge in [-0.1, -0.05) is 42.2 Å². The molecule has 0 aliphatic carbocycles. The third-order valence-electron chi connectivity index (χ3n) is 4.79. The third kappa shape index (κ3) is 5.35. The van der Waals surface area contributed by atoms with Gasteiger partial charge in [-0.15, -0.1) is 0 Å². The van der Waals surface area contributed by atoms with Crippen molar-refractivity contribution in [2.45, 2.75) is 25.4 Å². The Bertz CT molecular complexity index is 1410. The van der Waals surface area contributed by atoms with Crippen LogP contribution in [-0.2, 0) is 11.2 Å². The van der Waals surface area contributed by atoms with Crippen LogP contribution in [0.25, 0.3) is 16.0 Å². The minimum atomic E-state index is -0.278. The minimum Gasteiger partial charge on any atom is -0.494 e. The van der Waals surface area contributed by atoms with Gasteiger partial charge in [0, 0.05) is 11.4 Å². The third-order valence-corrected chi connectivity index (χ3v) is 7.02. The van der Waals surface area contributed by atoms with Crippen LogP contribution in [0.5, 0.6) is 5.75 Å². The second-order valence-electron chi connectivity index (χ2n) is 7.04. The number of benzene rings is 2. The lowest BCUT2D eigenvalue weighted by molar-refractivity contribution is -0.113. The predicted molar refractivity (Wildman–Crippen MR) is 137 cm³/mol. The molecule has 2 heterocycles. The number of ether oxygens (including phenoxy) is 1. The summed E-state index contributed by atoms with van der Waals surface area (Å²) in [6.07, 6.45) is 0.892. The Balaban J connectivity index is 1.56. The number of H-pyrrole nitrogens is 1. The summed E-state index contributed by atoms with van der Waals surface area (Å²) in [5, 5.41) is 3.24. The van der Waals surface area contributed by atoms with E-state index in [1.54, 1.807) is 4.57 Å². The number of aromatic nitrogens is 3. The molecule has 0 aliphatic heterocycles. The fourth-order valence-electron chi connectivity index (χ4n) is 3.25. The number of nitrogens with zero attached hydrogens (tertiary/aromatic N) is 2. The molecule has 2 N–H and O–H groups in total. The van der Waals surface area contributed by atoms with Gasteiger partial charge in [-0.25, -0.2) is 4.98 Å². The van der Waals surface area contributed by atoms with E-state index in [-0.39, 0.29) is 17.2 Å². The monoisotopic (exact) mass is 498 g/mol. The molecule has 4 aromatic rings. The smallest absolute Gasteiger partial charge is 0.271 e. The molecule has 2 aromatic heterocycles. The minimum absolute atomic E-state index is 0.110. The second kappa shape index (κ2) is 10.3. The second-order valence-corrected chi connectivity index (χ2v) is 9.65. The molecule has 0 radical (unpaired) electrons. The molecule has 0 bridgehead atoms. The first kappa shape index (κ1) is 23.2. The van der Waals surface area contributed by atoms with Crippen molar-refractivity contribution in [2.24, 2.45) is 0 Å². The molecular formula is C23H22N4O3S3. The zero-order chi connectivity index (χ0) is 23.4. The van der Waals surface area contributed by atoms with Gasteiger partial charge >= 0.3 is 0 Å². The highest BCUT2D eigenvalue weighted by molar-refractivity contribution is 7.99. The van der Waals surface area contributed by atoms with Crippen LogP contribution in [-0.4, -0.2) is 32.8 Å². The predicted octanol–water partition coefficient (Wildman–Crippen LogP) is 5.20. The Kier molecular flexibility index (Phi) is 7.26. The van der Waals surface area contributed by atoms with Crippen molar-refractivity contribution in [3.8, 4) is 11.4 Å². The maximum absolute atomic E-state index is 12.7. The van der Waals surface area contributed by atoms with Gasteiger partial charge in [0.2, 0.25) is 5.91 Å². The molecule has 4 rings (SSSR count). The topological polar surface area (TPSA) is 89.0 Å². The molecule has 0 saturated heterocycles. The molecular weight excluding hydrogens is 476 g/mol. The lowest BCUT2D eigenvalue weighted by Gasteiger charge is -2.08. The maximum atomic E-state index is 12.7. The highest BCUT2D eigenvalue weighted by Crippen LogP contribution is 2.26. The number of hydrogen-bond acceptors (Lipinski definition) is 7. The summed E-state index contributed by atoms with van der Waals surface area (Å²) in [6, 6.07) is 15.2. The number of aryl methyl sites for hydroxylation is 1. The summed E-state index contributed by atoms with van der Waals surface area (Å²) in [5.74, 6) is 0.688. The van der Waals surface area contributed by atoms with Crippen molar-refractivity contribution in [1.82, 2.24) is 14.5 Å². The van der Waals surface area contributed by atoms with E-state index in [0.717, 1.165) is 29.1 Å². The van der Waals surface area contributed by atoms with E-state index in [9.17, 15) is 9.59 Å². The van der Waals surface area contributed by atoms with Gasteiger partial charge < -0.3 is 15.0 Å². The molecule has 0 atom stereocenters. The van der Waals surface area contributed by atoms with Crippen molar-refractivity contribution >= 4 is 57.3 Å². The Hall–Kier alpha value is -2.95. The van der Waals surface area contributed by atoms with Crippen LogP contribution in [0.3, 0.4) is 0 Å². The number of carbonyl (C=O) groups excluding carboxylic acids is 1. The molecule has 33 heavy (non-hydrogen) atoms. The molecule has 10 heteroatoms. The Labute approximate surface area is 203 Å². The number of hydrogen-bond donors (Lipinski definition) is 2. The van der Waals surface area contributed by atoms with Gasteiger partial charge in [0.15, 0.2) is 14.8 Å². The SMILES string of the molecule is CCOc1ccc(-n2c(=S)sc3c(=O)[nH]c(SCC(=O)Nc4cccc(CC)c4)nc32)cc1. The molecule has 2 aromatic carbocycles. The van der Waals surface area contributed by atoms with Crippen molar-refractivity contribution in [2.75, 3.05) is 17.7 Å². The van der Waals surface area contributed by atoms with Gasteiger partial charge in [0.05, 0.1) is 12.4 Å². The number of aromatic amines is 1. The quantitative estimate of drug-likeness (QED) is 0.197. The molecule has 7 nitrogen and oxygen atoms in total. The number of carbonyl (C=O) groups is 1. The normalized spacial score (nSPS) is 11.0. The highest BCUT2D eigenvalue weighted by atomic mass is 32.2. The first-order valence-electron chi connectivity index (χ1n) is 10.4. The number of thioether (sulfide) groups is 1. The lowest BCUT2D eigenvalue weighted by atomic mass is 10.1. The largest absolute Gasteiger partial charge is 0.494 e. The van der Waals surface area contributed by atoms with Crippen LogP contribution in [0.15, 0.2) is 58.5 Å². The van der Waals surface area contributed by atoms with Crippen molar-refractivity contribution in [3.05, 3.63) is 68.4 Å². The van der Waals surface area contributed by atoms with Crippen molar-refractivity contribution < 1.29 is 9.53 Å². The van der Waals surface area contributed by atoms with Crippen LogP contribution in [0.4, 0.5) is 5.69 Å². The van der Waals surface area contributed by atoms with Crippen LogP contribution in [0.2, 0.25) is 0 Å². The van der Waals surface area contributed by atoms with Crippen LogP contribution >= 0.6 is 35.3 Å². The summed E-state index contributed by atoms with van der Waals surface area (Å²) in [7, 11) is 0. The molecule has 0 fully saturated rings. The molecule has 0 saturated carbocycles. The summed E-state index contributed by atoms with van der Waals surface area (Å²) in [6.45, 7) is 4.57. The number of thiazole rings is 1. The van der Waals surface area contributed by atoms with Gasteiger partial charge in [0.1, 0.15) is 10.4 Å². The van der Waals surface area contributed by atoms with Gasteiger partial charge in [-0.05, 0) is 67.5 Å². The molecule has 0 unspecified atom stereocenters.